The van der Waals surface area contributed by atoms with Gasteiger partial charge in [0.2, 0.25) is 5.03 Å². The number of amides is 2. The Kier molecular flexibility index (Phi) is 6.60. The second kappa shape index (κ2) is 8.55. The van der Waals surface area contributed by atoms with Gasteiger partial charge in [-0.1, -0.05) is 45.9 Å². The average Bonchev–Trinajstić information content (AvgIpc) is 2.60. The molecule has 152 valence electrons. The number of carbonyl (C=O) groups is 1. The highest BCUT2D eigenvalue weighted by molar-refractivity contribution is 7.90. The second-order valence-corrected chi connectivity index (χ2v) is 8.89. The SMILES string of the molecule is CC(C)c1cccc(C(C)C)c1NC(=O)NS(=O)(=O)c1nnccc1N(C)C. The molecule has 28 heavy (non-hydrogen) atoms. The van der Waals surface area contributed by atoms with Crippen molar-refractivity contribution in [3.63, 3.8) is 0 Å². The van der Waals surface area contributed by atoms with Crippen molar-refractivity contribution in [2.45, 2.75) is 44.6 Å². The number of nitrogens with zero attached hydrogens (tertiary/aromatic N) is 3. The van der Waals surface area contributed by atoms with Crippen LogP contribution in [0, 0.1) is 0 Å². The zero-order chi connectivity index (χ0) is 21.1. The normalized spacial score (nSPS) is 11.6. The average molecular weight is 406 g/mol. The zero-order valence-electron chi connectivity index (χ0n) is 17.0. The molecule has 0 unspecified atom stereocenters. The fourth-order valence-electron chi connectivity index (χ4n) is 2.85. The Hall–Kier alpha value is -2.68. The van der Waals surface area contributed by atoms with Crippen LogP contribution in [-0.2, 0) is 10.0 Å². The lowest BCUT2D eigenvalue weighted by atomic mass is 9.93. The van der Waals surface area contributed by atoms with Crippen LogP contribution in [0.4, 0.5) is 16.2 Å². The summed E-state index contributed by atoms with van der Waals surface area (Å²) in [6.45, 7) is 8.06. The van der Waals surface area contributed by atoms with Crippen LogP contribution >= 0.6 is 0 Å². The van der Waals surface area contributed by atoms with E-state index in [2.05, 4.69) is 15.5 Å². The van der Waals surface area contributed by atoms with E-state index in [1.54, 1.807) is 19.0 Å². The summed E-state index contributed by atoms with van der Waals surface area (Å²) in [6.07, 6.45) is 1.39. The predicted octanol–water partition coefficient (Wildman–Crippen LogP) is 3.30. The highest BCUT2D eigenvalue weighted by atomic mass is 32.2. The quantitative estimate of drug-likeness (QED) is 0.764. The third-order valence-corrected chi connectivity index (χ3v) is 5.50. The molecule has 0 aliphatic carbocycles. The first-order valence-electron chi connectivity index (χ1n) is 9.00. The lowest BCUT2D eigenvalue weighted by Crippen LogP contribution is -2.36. The van der Waals surface area contributed by atoms with Crippen LogP contribution in [0.25, 0.3) is 0 Å². The van der Waals surface area contributed by atoms with Crippen molar-refractivity contribution < 1.29 is 13.2 Å². The number of rotatable bonds is 6. The number of anilines is 2. The van der Waals surface area contributed by atoms with E-state index >= 15 is 0 Å². The number of aromatic nitrogens is 2. The minimum atomic E-state index is -4.20. The van der Waals surface area contributed by atoms with Crippen LogP contribution in [0.3, 0.4) is 0 Å². The Balaban J connectivity index is 2.35. The first-order valence-corrected chi connectivity index (χ1v) is 10.5. The summed E-state index contributed by atoms with van der Waals surface area (Å²) < 4.78 is 27.4. The topological polar surface area (TPSA) is 104 Å². The van der Waals surface area contributed by atoms with E-state index in [1.807, 2.05) is 50.6 Å². The maximum atomic E-state index is 12.7. The molecule has 0 aliphatic heterocycles. The summed E-state index contributed by atoms with van der Waals surface area (Å²) in [7, 11) is -0.830. The van der Waals surface area contributed by atoms with Crippen molar-refractivity contribution in [3.8, 4) is 0 Å². The third kappa shape index (κ3) is 4.78. The smallest absolute Gasteiger partial charge is 0.333 e. The van der Waals surface area contributed by atoms with Crippen molar-refractivity contribution in [1.29, 1.82) is 0 Å². The molecule has 2 N–H and O–H groups in total. The van der Waals surface area contributed by atoms with E-state index < -0.39 is 16.1 Å². The minimum Gasteiger partial charge on any atom is -0.375 e. The van der Waals surface area contributed by atoms with Gasteiger partial charge in [-0.25, -0.2) is 9.52 Å². The lowest BCUT2D eigenvalue weighted by Gasteiger charge is -2.20. The number of para-hydroxylation sites is 1. The predicted molar refractivity (Wildman–Crippen MR) is 110 cm³/mol. The number of nitrogens with one attached hydrogen (secondary N) is 2. The molecule has 0 bridgehead atoms. The van der Waals surface area contributed by atoms with E-state index in [0.717, 1.165) is 11.1 Å². The minimum absolute atomic E-state index is 0.158. The number of hydrogen-bond acceptors (Lipinski definition) is 6. The molecular weight excluding hydrogens is 378 g/mol. The van der Waals surface area contributed by atoms with Gasteiger partial charge in [0, 0.05) is 19.8 Å². The number of benzene rings is 1. The molecule has 0 fully saturated rings. The summed E-state index contributed by atoms with van der Waals surface area (Å²) in [6, 6.07) is 6.46. The van der Waals surface area contributed by atoms with Gasteiger partial charge in [0.25, 0.3) is 10.0 Å². The molecule has 0 spiro atoms. The van der Waals surface area contributed by atoms with Crippen LogP contribution in [0.2, 0.25) is 0 Å². The Morgan fingerprint density at radius 3 is 2.11 bits per heavy atom. The van der Waals surface area contributed by atoms with Crippen molar-refractivity contribution in [2.75, 3.05) is 24.3 Å². The van der Waals surface area contributed by atoms with Crippen molar-refractivity contribution in [1.82, 2.24) is 14.9 Å². The largest absolute Gasteiger partial charge is 0.375 e. The molecule has 0 radical (unpaired) electrons. The molecule has 1 aromatic heterocycles. The summed E-state index contributed by atoms with van der Waals surface area (Å²) >= 11 is 0. The molecule has 0 aliphatic rings. The highest BCUT2D eigenvalue weighted by Gasteiger charge is 2.25. The maximum Gasteiger partial charge on any atom is 0.333 e. The molecule has 1 aromatic carbocycles. The zero-order valence-corrected chi connectivity index (χ0v) is 17.8. The molecule has 0 saturated heterocycles. The van der Waals surface area contributed by atoms with Crippen LogP contribution in [0.5, 0.6) is 0 Å². The molecule has 9 heteroatoms. The fourth-order valence-corrected chi connectivity index (χ4v) is 3.92. The van der Waals surface area contributed by atoms with Crippen molar-refractivity contribution in [2.24, 2.45) is 0 Å². The number of carbonyl (C=O) groups excluding carboxylic acids is 1. The molecule has 0 saturated carbocycles. The van der Waals surface area contributed by atoms with Gasteiger partial charge in [-0.3, -0.25) is 0 Å². The van der Waals surface area contributed by atoms with Gasteiger partial charge in [0.15, 0.2) is 0 Å². The summed E-state index contributed by atoms with van der Waals surface area (Å²) in [5.41, 5.74) is 2.84. The monoisotopic (exact) mass is 405 g/mol. The fraction of sp³-hybridized carbons (Fsp3) is 0.421. The van der Waals surface area contributed by atoms with Gasteiger partial charge in [0.05, 0.1) is 11.9 Å². The Bertz CT molecular complexity index is 930. The van der Waals surface area contributed by atoms with Gasteiger partial charge in [-0.05, 0) is 29.0 Å². The van der Waals surface area contributed by atoms with Crippen LogP contribution < -0.4 is 14.9 Å². The number of urea groups is 1. The Morgan fingerprint density at radius 1 is 1.04 bits per heavy atom. The standard InChI is InChI=1S/C19H27N5O3S/c1-12(2)14-8-7-9-15(13(3)4)17(14)21-19(25)23-28(26,27)18-16(24(5)6)10-11-20-22-18/h7-13H,1-6H3,(H2,21,23,25). The third-order valence-electron chi connectivity index (χ3n) is 4.24. The van der Waals surface area contributed by atoms with Crippen molar-refractivity contribution in [3.05, 3.63) is 41.6 Å². The summed E-state index contributed by atoms with van der Waals surface area (Å²) in [5.74, 6) is 0.317. The van der Waals surface area contributed by atoms with Gasteiger partial charge in [-0.2, -0.15) is 13.5 Å². The van der Waals surface area contributed by atoms with Crippen LogP contribution in [-0.4, -0.2) is 38.7 Å². The van der Waals surface area contributed by atoms with Crippen LogP contribution in [0.1, 0.15) is 50.7 Å². The summed E-state index contributed by atoms with van der Waals surface area (Å²) in [4.78, 5) is 14.2. The first kappa shape index (κ1) is 21.6. The molecule has 2 aromatic rings. The van der Waals surface area contributed by atoms with E-state index in [9.17, 15) is 13.2 Å². The van der Waals surface area contributed by atoms with Gasteiger partial charge >= 0.3 is 6.03 Å². The van der Waals surface area contributed by atoms with E-state index in [0.29, 0.717) is 11.4 Å². The van der Waals surface area contributed by atoms with E-state index in [-0.39, 0.29) is 16.9 Å². The molecule has 0 atom stereocenters. The molecule has 1 heterocycles. The van der Waals surface area contributed by atoms with Gasteiger partial charge < -0.3 is 10.2 Å². The maximum absolute atomic E-state index is 12.7. The number of sulfonamides is 1. The first-order chi connectivity index (χ1) is 13.0. The van der Waals surface area contributed by atoms with Crippen LogP contribution in [0.15, 0.2) is 35.5 Å². The second-order valence-electron chi connectivity index (χ2n) is 7.30. The Labute approximate surface area is 166 Å². The summed E-state index contributed by atoms with van der Waals surface area (Å²) in [5, 5.41) is 9.75. The molecule has 8 nitrogen and oxygen atoms in total. The lowest BCUT2D eigenvalue weighted by molar-refractivity contribution is 0.256. The molecule has 2 amide bonds. The van der Waals surface area contributed by atoms with Gasteiger partial charge in [-0.15, -0.1) is 5.10 Å². The Morgan fingerprint density at radius 2 is 1.61 bits per heavy atom. The van der Waals surface area contributed by atoms with Gasteiger partial charge in [0.1, 0.15) is 0 Å². The van der Waals surface area contributed by atoms with Crippen molar-refractivity contribution >= 4 is 27.4 Å². The molecular formula is C19H27N5O3S. The number of hydrogen-bond donors (Lipinski definition) is 2. The molecule has 2 rings (SSSR count). The van der Waals surface area contributed by atoms with E-state index in [1.165, 1.54) is 12.3 Å². The van der Waals surface area contributed by atoms with E-state index in [4.69, 9.17) is 0 Å². The highest BCUT2D eigenvalue weighted by Crippen LogP contribution is 2.32.